The molecule has 0 aliphatic carbocycles. The van der Waals surface area contributed by atoms with E-state index < -0.39 is 10.0 Å². The van der Waals surface area contributed by atoms with E-state index >= 15 is 0 Å². The number of nitrogens with two attached hydrogens (primary N) is 1. The first-order valence-electron chi connectivity index (χ1n) is 6.14. The summed E-state index contributed by atoms with van der Waals surface area (Å²) in [5.41, 5.74) is 0.941. The summed E-state index contributed by atoms with van der Waals surface area (Å²) in [6.07, 6.45) is 0. The first-order valence-corrected chi connectivity index (χ1v) is 7.69. The summed E-state index contributed by atoms with van der Waals surface area (Å²) >= 11 is 0. The van der Waals surface area contributed by atoms with Crippen LogP contribution in [0.4, 0.5) is 0 Å². The summed E-state index contributed by atoms with van der Waals surface area (Å²) < 4.78 is 27.2. The van der Waals surface area contributed by atoms with Gasteiger partial charge in [0.25, 0.3) is 5.91 Å². The Labute approximate surface area is 122 Å². The standard InChI is InChI=1S/C13H15N3O4S/c1-8-7-12(16-20-8)13(17)15-9(2)10-3-5-11(6-4-10)21(14,18)19/h3-7,9H,1-2H3,(H,15,17)(H2,14,18,19)/t9-/m0/s1. The number of rotatable bonds is 4. The second-order valence-corrected chi connectivity index (χ2v) is 6.19. The molecule has 0 aliphatic rings. The van der Waals surface area contributed by atoms with E-state index in [0.717, 1.165) is 5.56 Å². The summed E-state index contributed by atoms with van der Waals surface area (Å²) in [4.78, 5) is 11.9. The van der Waals surface area contributed by atoms with Gasteiger partial charge in [0.15, 0.2) is 5.69 Å². The van der Waals surface area contributed by atoms with E-state index in [-0.39, 0.29) is 22.5 Å². The highest BCUT2D eigenvalue weighted by Crippen LogP contribution is 2.16. The molecule has 7 nitrogen and oxygen atoms in total. The molecule has 0 spiro atoms. The van der Waals surface area contributed by atoms with Crippen LogP contribution in [0.3, 0.4) is 0 Å². The smallest absolute Gasteiger partial charge is 0.273 e. The Morgan fingerprint density at radius 1 is 1.33 bits per heavy atom. The third kappa shape index (κ3) is 3.67. The molecule has 21 heavy (non-hydrogen) atoms. The highest BCUT2D eigenvalue weighted by atomic mass is 32.2. The maximum absolute atomic E-state index is 11.9. The molecule has 2 rings (SSSR count). The number of benzene rings is 1. The van der Waals surface area contributed by atoms with Crippen molar-refractivity contribution in [2.45, 2.75) is 24.8 Å². The number of amides is 1. The molecule has 1 aromatic carbocycles. The van der Waals surface area contributed by atoms with Gasteiger partial charge in [0.1, 0.15) is 5.76 Å². The van der Waals surface area contributed by atoms with Crippen LogP contribution in [-0.2, 0) is 10.0 Å². The minimum atomic E-state index is -3.72. The number of hydrogen-bond acceptors (Lipinski definition) is 5. The average molecular weight is 309 g/mol. The maximum Gasteiger partial charge on any atom is 0.273 e. The topological polar surface area (TPSA) is 115 Å². The van der Waals surface area contributed by atoms with Gasteiger partial charge in [-0.2, -0.15) is 0 Å². The van der Waals surface area contributed by atoms with Gasteiger partial charge in [-0.3, -0.25) is 4.79 Å². The number of aromatic nitrogens is 1. The van der Waals surface area contributed by atoms with Crippen molar-refractivity contribution < 1.29 is 17.7 Å². The van der Waals surface area contributed by atoms with Crippen molar-refractivity contribution in [2.24, 2.45) is 5.14 Å². The van der Waals surface area contributed by atoms with Gasteiger partial charge in [-0.1, -0.05) is 17.3 Å². The molecule has 1 atom stereocenters. The Kier molecular flexibility index (Phi) is 4.10. The van der Waals surface area contributed by atoms with Gasteiger partial charge in [0.2, 0.25) is 10.0 Å². The Morgan fingerprint density at radius 2 is 1.95 bits per heavy atom. The van der Waals surface area contributed by atoms with Crippen LogP contribution in [0, 0.1) is 6.92 Å². The number of nitrogens with zero attached hydrogens (tertiary/aromatic N) is 1. The molecular formula is C13H15N3O4S. The molecule has 0 aliphatic heterocycles. The SMILES string of the molecule is Cc1cc(C(=O)N[C@@H](C)c2ccc(S(N)(=O)=O)cc2)no1. The van der Waals surface area contributed by atoms with Crippen molar-refractivity contribution >= 4 is 15.9 Å². The van der Waals surface area contributed by atoms with Gasteiger partial charge in [0.05, 0.1) is 10.9 Å². The van der Waals surface area contributed by atoms with Crippen LogP contribution in [0.1, 0.15) is 34.8 Å². The molecular weight excluding hydrogens is 294 g/mol. The first kappa shape index (κ1) is 15.2. The monoisotopic (exact) mass is 309 g/mol. The molecule has 0 unspecified atom stereocenters. The Morgan fingerprint density at radius 3 is 2.43 bits per heavy atom. The minimum absolute atomic E-state index is 0.0249. The van der Waals surface area contributed by atoms with Crippen molar-refractivity contribution in [1.82, 2.24) is 10.5 Å². The molecule has 1 aromatic heterocycles. The third-order valence-corrected chi connectivity index (χ3v) is 3.85. The van der Waals surface area contributed by atoms with Crippen LogP contribution in [0.15, 0.2) is 39.8 Å². The molecule has 8 heteroatoms. The quantitative estimate of drug-likeness (QED) is 0.878. The van der Waals surface area contributed by atoms with Gasteiger partial charge in [0, 0.05) is 6.07 Å². The van der Waals surface area contributed by atoms with Crippen LogP contribution in [0.25, 0.3) is 0 Å². The number of sulfonamides is 1. The lowest BCUT2D eigenvalue weighted by Crippen LogP contribution is -2.27. The molecule has 1 heterocycles. The van der Waals surface area contributed by atoms with Crippen molar-refractivity contribution in [3.8, 4) is 0 Å². The van der Waals surface area contributed by atoms with Crippen molar-refractivity contribution in [2.75, 3.05) is 0 Å². The number of carbonyl (C=O) groups excluding carboxylic acids is 1. The molecule has 0 saturated heterocycles. The van der Waals surface area contributed by atoms with E-state index in [2.05, 4.69) is 10.5 Å². The van der Waals surface area contributed by atoms with Crippen LogP contribution >= 0.6 is 0 Å². The predicted molar refractivity (Wildman–Crippen MR) is 74.9 cm³/mol. The van der Waals surface area contributed by atoms with Crippen LogP contribution in [0.2, 0.25) is 0 Å². The Bertz CT molecular complexity index is 750. The van der Waals surface area contributed by atoms with Gasteiger partial charge in [-0.15, -0.1) is 0 Å². The van der Waals surface area contributed by atoms with Crippen molar-refractivity contribution in [3.05, 3.63) is 47.3 Å². The van der Waals surface area contributed by atoms with Crippen LogP contribution in [0.5, 0.6) is 0 Å². The molecule has 0 fully saturated rings. The van der Waals surface area contributed by atoms with Crippen LogP contribution < -0.4 is 10.5 Å². The third-order valence-electron chi connectivity index (χ3n) is 2.92. The maximum atomic E-state index is 11.9. The summed E-state index contributed by atoms with van der Waals surface area (Å²) in [7, 11) is -3.72. The second kappa shape index (κ2) is 5.66. The Balaban J connectivity index is 2.10. The predicted octanol–water partition coefficient (Wildman–Crippen LogP) is 1.12. The molecule has 0 bridgehead atoms. The van der Waals surface area contributed by atoms with E-state index in [0.29, 0.717) is 5.76 Å². The van der Waals surface area contributed by atoms with Gasteiger partial charge >= 0.3 is 0 Å². The van der Waals surface area contributed by atoms with E-state index in [4.69, 9.17) is 9.66 Å². The minimum Gasteiger partial charge on any atom is -0.361 e. The lowest BCUT2D eigenvalue weighted by molar-refractivity contribution is 0.0930. The summed E-state index contributed by atoms with van der Waals surface area (Å²) in [6, 6.07) is 7.20. The first-order chi connectivity index (χ1) is 9.77. The van der Waals surface area contributed by atoms with E-state index in [1.165, 1.54) is 18.2 Å². The van der Waals surface area contributed by atoms with Crippen molar-refractivity contribution in [1.29, 1.82) is 0 Å². The summed E-state index contributed by atoms with van der Waals surface area (Å²) in [5, 5.41) is 11.4. The number of aryl methyl sites for hydroxylation is 1. The number of hydrogen-bond donors (Lipinski definition) is 2. The summed E-state index contributed by atoms with van der Waals surface area (Å²) in [6.45, 7) is 3.47. The van der Waals surface area contributed by atoms with Gasteiger partial charge in [-0.05, 0) is 31.5 Å². The highest BCUT2D eigenvalue weighted by molar-refractivity contribution is 7.89. The number of primary sulfonamides is 1. The fraction of sp³-hybridized carbons (Fsp3) is 0.231. The highest BCUT2D eigenvalue weighted by Gasteiger charge is 2.15. The second-order valence-electron chi connectivity index (χ2n) is 4.63. The molecule has 112 valence electrons. The lowest BCUT2D eigenvalue weighted by atomic mass is 10.1. The number of carbonyl (C=O) groups is 1. The molecule has 2 aromatic rings. The summed E-state index contributed by atoms with van der Waals surface area (Å²) in [5.74, 6) is 0.181. The van der Waals surface area contributed by atoms with Gasteiger partial charge < -0.3 is 9.84 Å². The average Bonchev–Trinajstić information content (AvgIpc) is 2.84. The zero-order chi connectivity index (χ0) is 15.6. The fourth-order valence-electron chi connectivity index (χ4n) is 1.77. The van der Waals surface area contributed by atoms with E-state index in [1.54, 1.807) is 26.0 Å². The zero-order valence-corrected chi connectivity index (χ0v) is 12.3. The lowest BCUT2D eigenvalue weighted by Gasteiger charge is -2.13. The molecule has 3 N–H and O–H groups in total. The molecule has 0 saturated carbocycles. The van der Waals surface area contributed by atoms with Crippen LogP contribution in [-0.4, -0.2) is 19.5 Å². The van der Waals surface area contributed by atoms with Crippen molar-refractivity contribution in [3.63, 3.8) is 0 Å². The van der Waals surface area contributed by atoms with E-state index in [9.17, 15) is 13.2 Å². The zero-order valence-electron chi connectivity index (χ0n) is 11.5. The Hall–Kier alpha value is -2.19. The molecule has 0 radical (unpaired) electrons. The normalized spacial score (nSPS) is 12.9. The molecule has 1 amide bonds. The van der Waals surface area contributed by atoms with E-state index in [1.807, 2.05) is 0 Å². The van der Waals surface area contributed by atoms with Gasteiger partial charge in [-0.25, -0.2) is 13.6 Å². The fourth-order valence-corrected chi connectivity index (χ4v) is 2.29. The number of nitrogens with one attached hydrogen (secondary N) is 1. The largest absolute Gasteiger partial charge is 0.361 e.